The maximum absolute atomic E-state index is 6.05. The van der Waals surface area contributed by atoms with Crippen molar-refractivity contribution in [3.63, 3.8) is 0 Å². The number of rotatable bonds is 2. The number of hydrogen-bond donors (Lipinski definition) is 1. The first kappa shape index (κ1) is 13.0. The molecule has 1 unspecified atom stereocenters. The molecule has 2 N–H and O–H groups in total. The summed E-state index contributed by atoms with van der Waals surface area (Å²) in [6, 6.07) is 4.19. The van der Waals surface area contributed by atoms with Gasteiger partial charge >= 0.3 is 0 Å². The summed E-state index contributed by atoms with van der Waals surface area (Å²) in [6.45, 7) is 4.07. The van der Waals surface area contributed by atoms with Crippen molar-refractivity contribution in [2.24, 2.45) is 0 Å². The van der Waals surface area contributed by atoms with E-state index in [-0.39, 0.29) is 5.92 Å². The topological polar surface area (TPSA) is 64.7 Å². The van der Waals surface area contributed by atoms with Crippen LogP contribution >= 0.6 is 0 Å². The van der Waals surface area contributed by atoms with Crippen molar-refractivity contribution >= 4 is 5.82 Å². The Labute approximate surface area is 119 Å². The number of hydrogen-bond acceptors (Lipinski definition) is 4. The first-order valence-corrected chi connectivity index (χ1v) is 7.27. The van der Waals surface area contributed by atoms with Gasteiger partial charge in [-0.25, -0.2) is 9.97 Å². The molecule has 2 heterocycles. The number of fused-ring (bicyclic) bond motifs is 1. The molecule has 0 amide bonds. The Morgan fingerprint density at radius 2 is 2.15 bits per heavy atom. The predicted octanol–water partition coefficient (Wildman–Crippen LogP) is 2.79. The fourth-order valence-electron chi connectivity index (χ4n) is 2.97. The van der Waals surface area contributed by atoms with Crippen molar-refractivity contribution in [1.82, 2.24) is 15.0 Å². The van der Waals surface area contributed by atoms with Crippen LogP contribution in [0.5, 0.6) is 0 Å². The highest BCUT2D eigenvalue weighted by atomic mass is 15.0. The van der Waals surface area contributed by atoms with Gasteiger partial charge < -0.3 is 5.73 Å². The zero-order valence-corrected chi connectivity index (χ0v) is 12.1. The molecular weight excluding hydrogens is 248 g/mol. The Kier molecular flexibility index (Phi) is 3.38. The fraction of sp³-hybridized carbons (Fsp3) is 0.438. The van der Waals surface area contributed by atoms with E-state index < -0.39 is 0 Å². The van der Waals surface area contributed by atoms with Gasteiger partial charge in [-0.15, -0.1) is 0 Å². The normalized spacial score (nSPS) is 17.8. The molecule has 1 aliphatic carbocycles. The highest BCUT2D eigenvalue weighted by Gasteiger charge is 2.26. The van der Waals surface area contributed by atoms with Crippen LogP contribution < -0.4 is 5.73 Å². The second kappa shape index (κ2) is 5.19. The van der Waals surface area contributed by atoms with Crippen LogP contribution in [-0.4, -0.2) is 15.0 Å². The van der Waals surface area contributed by atoms with Crippen LogP contribution in [-0.2, 0) is 12.8 Å². The average molecular weight is 268 g/mol. The first-order chi connectivity index (χ1) is 9.70. The van der Waals surface area contributed by atoms with Gasteiger partial charge in [-0.1, -0.05) is 13.0 Å². The molecule has 2 aromatic heterocycles. The van der Waals surface area contributed by atoms with E-state index in [0.717, 1.165) is 36.3 Å². The summed E-state index contributed by atoms with van der Waals surface area (Å²) in [6.07, 6.45) is 6.05. The molecule has 104 valence electrons. The van der Waals surface area contributed by atoms with E-state index in [9.17, 15) is 0 Å². The van der Waals surface area contributed by atoms with Gasteiger partial charge in [0.15, 0.2) is 0 Å². The molecule has 2 aromatic rings. The lowest BCUT2D eigenvalue weighted by Crippen LogP contribution is -2.17. The van der Waals surface area contributed by atoms with E-state index >= 15 is 0 Å². The minimum Gasteiger partial charge on any atom is -0.383 e. The summed E-state index contributed by atoms with van der Waals surface area (Å²) in [5.74, 6) is 1.69. The number of aryl methyl sites for hydroxylation is 2. The van der Waals surface area contributed by atoms with E-state index in [1.165, 1.54) is 17.7 Å². The van der Waals surface area contributed by atoms with Crippen molar-refractivity contribution in [2.75, 3.05) is 5.73 Å². The van der Waals surface area contributed by atoms with Crippen molar-refractivity contribution in [2.45, 2.75) is 45.4 Å². The molecule has 4 heteroatoms. The first-order valence-electron chi connectivity index (χ1n) is 7.27. The van der Waals surface area contributed by atoms with Gasteiger partial charge in [0.2, 0.25) is 0 Å². The summed E-state index contributed by atoms with van der Waals surface area (Å²) in [5, 5.41) is 0. The van der Waals surface area contributed by atoms with Crippen LogP contribution in [0.25, 0.3) is 0 Å². The number of pyridine rings is 1. The van der Waals surface area contributed by atoms with Crippen LogP contribution in [0.4, 0.5) is 5.82 Å². The maximum atomic E-state index is 6.05. The van der Waals surface area contributed by atoms with Gasteiger partial charge in [-0.3, -0.25) is 4.98 Å². The number of nitrogens with zero attached hydrogens (tertiary/aromatic N) is 3. The monoisotopic (exact) mass is 268 g/mol. The molecule has 1 atom stereocenters. The lowest BCUT2D eigenvalue weighted by Gasteiger charge is -2.25. The molecule has 0 saturated heterocycles. The van der Waals surface area contributed by atoms with Crippen LogP contribution in [0, 0.1) is 6.92 Å². The Morgan fingerprint density at radius 3 is 2.95 bits per heavy atom. The largest absolute Gasteiger partial charge is 0.383 e. The smallest absolute Gasteiger partial charge is 0.130 e. The summed E-state index contributed by atoms with van der Waals surface area (Å²) in [5.41, 5.74) is 10.6. The Bertz CT molecular complexity index is 636. The van der Waals surface area contributed by atoms with Gasteiger partial charge in [0, 0.05) is 24.1 Å². The van der Waals surface area contributed by atoms with Crippen LogP contribution in [0.15, 0.2) is 18.3 Å². The molecule has 3 rings (SSSR count). The van der Waals surface area contributed by atoms with Gasteiger partial charge in [0.25, 0.3) is 0 Å². The summed E-state index contributed by atoms with van der Waals surface area (Å²) in [7, 11) is 0. The van der Waals surface area contributed by atoms with Crippen molar-refractivity contribution in [1.29, 1.82) is 0 Å². The van der Waals surface area contributed by atoms with Gasteiger partial charge in [-0.05, 0) is 37.8 Å². The summed E-state index contributed by atoms with van der Waals surface area (Å²) in [4.78, 5) is 13.7. The molecule has 4 nitrogen and oxygen atoms in total. The Hall–Kier alpha value is -1.97. The fourth-order valence-corrected chi connectivity index (χ4v) is 2.97. The molecule has 0 bridgehead atoms. The molecule has 1 aliphatic rings. The number of nitrogens with two attached hydrogens (primary N) is 1. The van der Waals surface area contributed by atoms with E-state index in [1.807, 2.05) is 19.2 Å². The average Bonchev–Trinajstić information content (AvgIpc) is 2.49. The standard InChI is InChI=1S/C16H20N4/c1-3-13-19-14(10(2)16(17)20-13)12-8-4-6-11-7-5-9-18-15(11)12/h5,7,9,12H,3-4,6,8H2,1-2H3,(H2,17,19,20). The molecule has 0 saturated carbocycles. The molecule has 0 aromatic carbocycles. The minimum atomic E-state index is 0.260. The number of nitrogen functional groups attached to an aromatic ring is 1. The minimum absolute atomic E-state index is 0.260. The zero-order chi connectivity index (χ0) is 14.1. The quantitative estimate of drug-likeness (QED) is 0.909. The highest BCUT2D eigenvalue weighted by molar-refractivity contribution is 5.46. The third kappa shape index (κ3) is 2.15. The number of aromatic nitrogens is 3. The van der Waals surface area contributed by atoms with E-state index in [4.69, 9.17) is 10.7 Å². The predicted molar refractivity (Wildman–Crippen MR) is 79.6 cm³/mol. The molecular formula is C16H20N4. The van der Waals surface area contributed by atoms with Crippen molar-refractivity contribution in [3.05, 3.63) is 46.7 Å². The zero-order valence-electron chi connectivity index (χ0n) is 12.1. The van der Waals surface area contributed by atoms with Gasteiger partial charge in [0.1, 0.15) is 11.6 Å². The van der Waals surface area contributed by atoms with E-state index in [0.29, 0.717) is 5.82 Å². The van der Waals surface area contributed by atoms with Crippen molar-refractivity contribution < 1.29 is 0 Å². The Morgan fingerprint density at radius 1 is 1.30 bits per heavy atom. The SMILES string of the molecule is CCc1nc(N)c(C)c(C2CCCc3cccnc32)n1. The van der Waals surface area contributed by atoms with E-state index in [2.05, 4.69) is 23.0 Å². The van der Waals surface area contributed by atoms with Crippen LogP contribution in [0.3, 0.4) is 0 Å². The second-order valence-electron chi connectivity index (χ2n) is 5.38. The molecule has 0 aliphatic heterocycles. The maximum Gasteiger partial charge on any atom is 0.130 e. The Balaban J connectivity index is 2.13. The van der Waals surface area contributed by atoms with Gasteiger partial charge in [-0.2, -0.15) is 0 Å². The molecule has 0 radical (unpaired) electrons. The third-order valence-electron chi connectivity index (χ3n) is 4.11. The van der Waals surface area contributed by atoms with E-state index in [1.54, 1.807) is 0 Å². The highest BCUT2D eigenvalue weighted by Crippen LogP contribution is 2.36. The molecule has 0 spiro atoms. The lowest BCUT2D eigenvalue weighted by molar-refractivity contribution is 0.581. The van der Waals surface area contributed by atoms with Crippen molar-refractivity contribution in [3.8, 4) is 0 Å². The van der Waals surface area contributed by atoms with Crippen LogP contribution in [0.2, 0.25) is 0 Å². The number of anilines is 1. The lowest BCUT2D eigenvalue weighted by atomic mass is 9.83. The third-order valence-corrected chi connectivity index (χ3v) is 4.11. The molecule has 0 fully saturated rings. The van der Waals surface area contributed by atoms with Gasteiger partial charge in [0.05, 0.1) is 11.4 Å². The molecule has 20 heavy (non-hydrogen) atoms. The summed E-state index contributed by atoms with van der Waals surface area (Å²) >= 11 is 0. The van der Waals surface area contributed by atoms with Crippen LogP contribution in [0.1, 0.15) is 54.0 Å². The summed E-state index contributed by atoms with van der Waals surface area (Å²) < 4.78 is 0. The second-order valence-corrected chi connectivity index (χ2v) is 5.38.